The zero-order valence-electron chi connectivity index (χ0n) is 9.99. The first-order valence-corrected chi connectivity index (χ1v) is 6.54. The molecule has 4 heteroatoms. The topological polar surface area (TPSA) is 24.5 Å². The Morgan fingerprint density at radius 2 is 2.24 bits per heavy atom. The van der Waals surface area contributed by atoms with E-state index in [4.69, 9.17) is 16.3 Å². The van der Waals surface area contributed by atoms with Gasteiger partial charge in [-0.3, -0.25) is 4.90 Å². The van der Waals surface area contributed by atoms with Crippen LogP contribution in [0.1, 0.15) is 6.42 Å². The maximum Gasteiger partial charge on any atom is 0.120 e. The van der Waals surface area contributed by atoms with Gasteiger partial charge in [-0.2, -0.15) is 0 Å². The summed E-state index contributed by atoms with van der Waals surface area (Å²) in [6.45, 7) is 6.18. The summed E-state index contributed by atoms with van der Waals surface area (Å²) in [7, 11) is 0. The summed E-state index contributed by atoms with van der Waals surface area (Å²) in [5, 5.41) is 4.12. The summed E-state index contributed by atoms with van der Waals surface area (Å²) in [6.07, 6.45) is 1.22. The number of hydrogen-bond acceptors (Lipinski definition) is 3. The fourth-order valence-corrected chi connectivity index (χ4v) is 2.15. The lowest BCUT2D eigenvalue weighted by Crippen LogP contribution is -2.31. The average Bonchev–Trinajstić information content (AvgIpc) is 2.58. The van der Waals surface area contributed by atoms with E-state index in [1.807, 2.05) is 24.3 Å². The van der Waals surface area contributed by atoms with Gasteiger partial charge < -0.3 is 10.1 Å². The molecule has 1 heterocycles. The third-order valence-corrected chi connectivity index (χ3v) is 3.14. The van der Waals surface area contributed by atoms with Crippen LogP contribution in [0.3, 0.4) is 0 Å². The lowest BCUT2D eigenvalue weighted by atomic mass is 10.3. The Morgan fingerprint density at radius 1 is 1.29 bits per heavy atom. The predicted octanol–water partition coefficient (Wildman–Crippen LogP) is 2.01. The zero-order valence-corrected chi connectivity index (χ0v) is 10.7. The lowest BCUT2D eigenvalue weighted by molar-refractivity contribution is 0.217. The van der Waals surface area contributed by atoms with Crippen molar-refractivity contribution in [3.05, 3.63) is 29.3 Å². The monoisotopic (exact) mass is 254 g/mol. The third-order valence-electron chi connectivity index (χ3n) is 2.91. The smallest absolute Gasteiger partial charge is 0.120 e. The molecule has 17 heavy (non-hydrogen) atoms. The van der Waals surface area contributed by atoms with Crippen LogP contribution in [0.5, 0.6) is 5.75 Å². The minimum Gasteiger partial charge on any atom is -0.492 e. The molecule has 1 aliphatic heterocycles. The fourth-order valence-electron chi connectivity index (χ4n) is 1.97. The molecule has 0 aromatic heterocycles. The lowest BCUT2D eigenvalue weighted by Gasteiger charge is -2.19. The Morgan fingerprint density at radius 3 is 3.12 bits per heavy atom. The molecule has 0 unspecified atom stereocenters. The SMILES string of the molecule is Clc1cccc(OCCN2CCCNCC2)c1. The summed E-state index contributed by atoms with van der Waals surface area (Å²) >= 11 is 5.90. The van der Waals surface area contributed by atoms with Crippen molar-refractivity contribution in [2.24, 2.45) is 0 Å². The van der Waals surface area contributed by atoms with Crippen molar-refractivity contribution in [2.75, 3.05) is 39.3 Å². The highest BCUT2D eigenvalue weighted by Crippen LogP contribution is 2.16. The molecule has 0 atom stereocenters. The normalized spacial score (nSPS) is 17.7. The van der Waals surface area contributed by atoms with Crippen LogP contribution in [0.4, 0.5) is 0 Å². The van der Waals surface area contributed by atoms with Crippen molar-refractivity contribution in [1.29, 1.82) is 0 Å². The van der Waals surface area contributed by atoms with Gasteiger partial charge in [-0.1, -0.05) is 17.7 Å². The number of ether oxygens (including phenoxy) is 1. The first kappa shape index (κ1) is 12.7. The Kier molecular flexibility index (Phi) is 5.10. The average molecular weight is 255 g/mol. The number of halogens is 1. The van der Waals surface area contributed by atoms with Crippen molar-refractivity contribution in [3.63, 3.8) is 0 Å². The number of benzene rings is 1. The highest BCUT2D eigenvalue weighted by molar-refractivity contribution is 6.30. The van der Waals surface area contributed by atoms with Gasteiger partial charge >= 0.3 is 0 Å². The highest BCUT2D eigenvalue weighted by Gasteiger charge is 2.07. The van der Waals surface area contributed by atoms with Crippen LogP contribution in [0.2, 0.25) is 5.02 Å². The molecule has 0 aliphatic carbocycles. The van der Waals surface area contributed by atoms with Gasteiger partial charge in [0, 0.05) is 24.7 Å². The Hall–Kier alpha value is -0.770. The third kappa shape index (κ3) is 4.54. The summed E-state index contributed by atoms with van der Waals surface area (Å²) < 4.78 is 5.68. The maximum atomic E-state index is 5.90. The van der Waals surface area contributed by atoms with Crippen LogP contribution in [-0.4, -0.2) is 44.2 Å². The molecule has 0 bridgehead atoms. The van der Waals surface area contributed by atoms with Crippen molar-refractivity contribution < 1.29 is 4.74 Å². The number of nitrogens with one attached hydrogen (secondary N) is 1. The molecule has 2 rings (SSSR count). The molecule has 0 radical (unpaired) electrons. The second-order valence-electron chi connectivity index (χ2n) is 4.25. The number of rotatable bonds is 4. The molecule has 0 saturated carbocycles. The van der Waals surface area contributed by atoms with E-state index in [1.54, 1.807) is 0 Å². The van der Waals surface area contributed by atoms with Crippen molar-refractivity contribution in [1.82, 2.24) is 10.2 Å². The van der Waals surface area contributed by atoms with Crippen LogP contribution >= 0.6 is 11.6 Å². The van der Waals surface area contributed by atoms with E-state index >= 15 is 0 Å². The van der Waals surface area contributed by atoms with E-state index < -0.39 is 0 Å². The summed E-state index contributed by atoms with van der Waals surface area (Å²) in [4.78, 5) is 2.44. The highest BCUT2D eigenvalue weighted by atomic mass is 35.5. The van der Waals surface area contributed by atoms with Gasteiger partial charge in [0.25, 0.3) is 0 Å². The molecule has 1 saturated heterocycles. The van der Waals surface area contributed by atoms with E-state index in [-0.39, 0.29) is 0 Å². The predicted molar refractivity (Wildman–Crippen MR) is 70.9 cm³/mol. The van der Waals surface area contributed by atoms with Gasteiger partial charge in [0.1, 0.15) is 12.4 Å². The van der Waals surface area contributed by atoms with Crippen molar-refractivity contribution in [3.8, 4) is 5.75 Å². The van der Waals surface area contributed by atoms with E-state index in [9.17, 15) is 0 Å². The van der Waals surface area contributed by atoms with Crippen LogP contribution in [-0.2, 0) is 0 Å². The molecular formula is C13H19ClN2O. The van der Waals surface area contributed by atoms with Gasteiger partial charge in [0.15, 0.2) is 0 Å². The molecule has 0 amide bonds. The van der Waals surface area contributed by atoms with Gasteiger partial charge in [-0.25, -0.2) is 0 Å². The second-order valence-corrected chi connectivity index (χ2v) is 4.69. The van der Waals surface area contributed by atoms with Gasteiger partial charge in [0.05, 0.1) is 0 Å². The summed E-state index contributed by atoms with van der Waals surface area (Å²) in [6, 6.07) is 7.56. The first-order valence-electron chi connectivity index (χ1n) is 6.16. The molecule has 1 aromatic carbocycles. The minimum atomic E-state index is 0.723. The van der Waals surface area contributed by atoms with Crippen molar-refractivity contribution >= 4 is 11.6 Å². The van der Waals surface area contributed by atoms with Gasteiger partial charge in [-0.15, -0.1) is 0 Å². The zero-order chi connectivity index (χ0) is 11.9. The molecular weight excluding hydrogens is 236 g/mol. The number of nitrogens with zero attached hydrogens (tertiary/aromatic N) is 1. The second kappa shape index (κ2) is 6.84. The van der Waals surface area contributed by atoms with Crippen LogP contribution in [0, 0.1) is 0 Å². The quantitative estimate of drug-likeness (QED) is 0.890. The Balaban J connectivity index is 1.71. The molecule has 1 fully saturated rings. The van der Waals surface area contributed by atoms with Crippen LogP contribution in [0.25, 0.3) is 0 Å². The molecule has 1 aliphatic rings. The minimum absolute atomic E-state index is 0.723. The standard InChI is InChI=1S/C13H19ClN2O/c14-12-3-1-4-13(11-12)17-10-9-16-7-2-5-15-6-8-16/h1,3-4,11,15H,2,5-10H2. The first-order chi connectivity index (χ1) is 8.34. The fraction of sp³-hybridized carbons (Fsp3) is 0.538. The Bertz CT molecular complexity index is 338. The molecule has 3 nitrogen and oxygen atoms in total. The molecule has 1 aromatic rings. The van der Waals surface area contributed by atoms with E-state index in [1.165, 1.54) is 6.42 Å². The van der Waals surface area contributed by atoms with Gasteiger partial charge in [0.2, 0.25) is 0 Å². The Labute approximate surface area is 108 Å². The molecule has 0 spiro atoms. The van der Waals surface area contributed by atoms with Crippen LogP contribution < -0.4 is 10.1 Å². The van der Waals surface area contributed by atoms with Crippen molar-refractivity contribution in [2.45, 2.75) is 6.42 Å². The number of hydrogen-bond donors (Lipinski definition) is 1. The van der Waals surface area contributed by atoms with Crippen LogP contribution in [0.15, 0.2) is 24.3 Å². The maximum absolute atomic E-state index is 5.90. The largest absolute Gasteiger partial charge is 0.492 e. The van der Waals surface area contributed by atoms with E-state index in [2.05, 4.69) is 10.2 Å². The summed E-state index contributed by atoms with van der Waals surface area (Å²) in [5.74, 6) is 0.852. The summed E-state index contributed by atoms with van der Waals surface area (Å²) in [5.41, 5.74) is 0. The molecule has 94 valence electrons. The molecule has 1 N–H and O–H groups in total. The van der Waals surface area contributed by atoms with E-state index in [0.29, 0.717) is 0 Å². The van der Waals surface area contributed by atoms with E-state index in [0.717, 1.165) is 50.1 Å². The van der Waals surface area contributed by atoms with Gasteiger partial charge in [-0.05, 0) is 37.7 Å².